The van der Waals surface area contributed by atoms with Gasteiger partial charge in [-0.2, -0.15) is 0 Å². The van der Waals surface area contributed by atoms with E-state index in [0.29, 0.717) is 12.1 Å². The van der Waals surface area contributed by atoms with Crippen LogP contribution in [0.1, 0.15) is 39.8 Å². The standard InChI is InChI=1S/C25H25N3O3S/c1-4-32(30,31)28-25(29)22-12-8-11-19(26-22)15-21-20-13-16(2)17(3)14-23(20)27-24(21)18-9-6-5-7-10-18/h5-14,27H,4,15H2,1-3H3,(H,28,29). The molecule has 7 heteroatoms. The highest BCUT2D eigenvalue weighted by Gasteiger charge is 2.18. The summed E-state index contributed by atoms with van der Waals surface area (Å²) in [7, 11) is -3.65. The van der Waals surface area contributed by atoms with Gasteiger partial charge in [0.15, 0.2) is 0 Å². The van der Waals surface area contributed by atoms with Crippen LogP contribution in [0.3, 0.4) is 0 Å². The molecule has 4 rings (SSSR count). The number of hydrogen-bond acceptors (Lipinski definition) is 4. The van der Waals surface area contributed by atoms with E-state index in [0.717, 1.165) is 27.7 Å². The third-order valence-corrected chi connectivity index (χ3v) is 6.86. The summed E-state index contributed by atoms with van der Waals surface area (Å²) in [6, 6.07) is 19.5. The normalized spacial score (nSPS) is 11.6. The number of aryl methyl sites for hydroxylation is 2. The van der Waals surface area contributed by atoms with Crippen molar-refractivity contribution in [3.05, 3.63) is 88.7 Å². The summed E-state index contributed by atoms with van der Waals surface area (Å²) >= 11 is 0. The van der Waals surface area contributed by atoms with E-state index in [4.69, 9.17) is 0 Å². The number of hydrogen-bond donors (Lipinski definition) is 2. The second-order valence-electron chi connectivity index (χ2n) is 7.85. The van der Waals surface area contributed by atoms with Gasteiger partial charge >= 0.3 is 0 Å². The van der Waals surface area contributed by atoms with Crippen molar-refractivity contribution in [2.45, 2.75) is 27.2 Å². The summed E-state index contributed by atoms with van der Waals surface area (Å²) in [4.78, 5) is 20.4. The van der Waals surface area contributed by atoms with Gasteiger partial charge in [0.1, 0.15) is 5.69 Å². The lowest BCUT2D eigenvalue weighted by Gasteiger charge is -2.08. The number of pyridine rings is 1. The highest BCUT2D eigenvalue weighted by atomic mass is 32.2. The molecule has 0 spiro atoms. The quantitative estimate of drug-likeness (QED) is 0.455. The van der Waals surface area contributed by atoms with Gasteiger partial charge < -0.3 is 4.98 Å². The van der Waals surface area contributed by atoms with Gasteiger partial charge in [-0.05, 0) is 67.3 Å². The molecule has 4 aromatic rings. The maximum atomic E-state index is 12.4. The minimum atomic E-state index is -3.65. The number of aromatic amines is 1. The molecule has 0 aliphatic heterocycles. The molecule has 0 saturated heterocycles. The Morgan fingerprint density at radius 1 is 1.00 bits per heavy atom. The van der Waals surface area contributed by atoms with E-state index in [1.165, 1.54) is 24.1 Å². The number of aromatic nitrogens is 2. The van der Waals surface area contributed by atoms with Gasteiger partial charge in [0.05, 0.1) is 11.4 Å². The molecule has 2 N–H and O–H groups in total. The van der Waals surface area contributed by atoms with Crippen molar-refractivity contribution >= 4 is 26.8 Å². The first-order valence-electron chi connectivity index (χ1n) is 10.5. The number of sulfonamides is 1. The second-order valence-corrected chi connectivity index (χ2v) is 9.86. The van der Waals surface area contributed by atoms with Crippen LogP contribution < -0.4 is 4.72 Å². The van der Waals surface area contributed by atoms with Crippen LogP contribution in [0.15, 0.2) is 60.7 Å². The van der Waals surface area contributed by atoms with Gasteiger partial charge in [-0.3, -0.25) is 4.79 Å². The first kappa shape index (κ1) is 21.8. The number of benzene rings is 2. The van der Waals surface area contributed by atoms with Crippen molar-refractivity contribution in [1.29, 1.82) is 0 Å². The average Bonchev–Trinajstić information content (AvgIpc) is 3.11. The first-order chi connectivity index (χ1) is 15.3. The van der Waals surface area contributed by atoms with E-state index < -0.39 is 15.9 Å². The molecule has 0 fully saturated rings. The lowest BCUT2D eigenvalue weighted by atomic mass is 9.98. The van der Waals surface area contributed by atoms with Gasteiger partial charge in [0.25, 0.3) is 5.91 Å². The fourth-order valence-corrected chi connectivity index (χ4v) is 4.23. The van der Waals surface area contributed by atoms with Crippen LogP contribution in [-0.2, 0) is 16.4 Å². The van der Waals surface area contributed by atoms with Crippen molar-refractivity contribution < 1.29 is 13.2 Å². The molecule has 0 bridgehead atoms. The van der Waals surface area contributed by atoms with E-state index in [2.05, 4.69) is 52.8 Å². The maximum Gasteiger partial charge on any atom is 0.283 e. The number of nitrogens with zero attached hydrogens (tertiary/aromatic N) is 1. The van der Waals surface area contributed by atoms with Crippen molar-refractivity contribution in [2.75, 3.05) is 5.75 Å². The Hall–Kier alpha value is -3.45. The first-order valence-corrected chi connectivity index (χ1v) is 12.1. The molecular weight excluding hydrogens is 422 g/mol. The van der Waals surface area contributed by atoms with Crippen molar-refractivity contribution in [2.24, 2.45) is 0 Å². The van der Waals surface area contributed by atoms with Crippen LogP contribution >= 0.6 is 0 Å². The Balaban J connectivity index is 1.78. The van der Waals surface area contributed by atoms with Crippen LogP contribution in [-0.4, -0.2) is 30.0 Å². The van der Waals surface area contributed by atoms with Gasteiger partial charge in [-0.15, -0.1) is 0 Å². The fraction of sp³-hybridized carbons (Fsp3) is 0.200. The number of H-pyrrole nitrogens is 1. The lowest BCUT2D eigenvalue weighted by Crippen LogP contribution is -2.32. The minimum absolute atomic E-state index is 0.0765. The molecule has 6 nitrogen and oxygen atoms in total. The molecule has 0 aliphatic rings. The number of carbonyl (C=O) groups is 1. The molecule has 0 radical (unpaired) electrons. The van der Waals surface area contributed by atoms with Crippen LogP contribution in [0.2, 0.25) is 0 Å². The maximum absolute atomic E-state index is 12.4. The number of carbonyl (C=O) groups excluding carboxylic acids is 1. The van der Waals surface area contributed by atoms with Gasteiger partial charge in [-0.25, -0.2) is 18.1 Å². The SMILES string of the molecule is CCS(=O)(=O)NC(=O)c1cccc(Cc2c(-c3ccccc3)[nH]c3cc(C)c(C)cc23)n1. The van der Waals surface area contributed by atoms with Crippen LogP contribution in [0.4, 0.5) is 0 Å². The summed E-state index contributed by atoms with van der Waals surface area (Å²) in [6.07, 6.45) is 0.494. The van der Waals surface area contributed by atoms with Crippen molar-refractivity contribution in [3.8, 4) is 11.3 Å². The monoisotopic (exact) mass is 447 g/mol. The zero-order chi connectivity index (χ0) is 22.9. The molecule has 0 unspecified atom stereocenters. The smallest absolute Gasteiger partial charge is 0.283 e. The highest BCUT2D eigenvalue weighted by Crippen LogP contribution is 2.33. The Bertz CT molecular complexity index is 1410. The largest absolute Gasteiger partial charge is 0.354 e. The predicted octanol–water partition coefficient (Wildman–Crippen LogP) is 4.52. The number of amides is 1. The molecule has 2 heterocycles. The Morgan fingerprint density at radius 3 is 2.44 bits per heavy atom. The van der Waals surface area contributed by atoms with Gasteiger partial charge in [0.2, 0.25) is 10.0 Å². The van der Waals surface area contributed by atoms with Gasteiger partial charge in [0, 0.05) is 23.0 Å². The second kappa shape index (κ2) is 8.59. The minimum Gasteiger partial charge on any atom is -0.354 e. The summed E-state index contributed by atoms with van der Waals surface area (Å²) in [5, 5.41) is 1.11. The molecule has 0 atom stereocenters. The molecule has 32 heavy (non-hydrogen) atoms. The molecule has 2 aromatic carbocycles. The zero-order valence-corrected chi connectivity index (χ0v) is 19.1. The van der Waals surface area contributed by atoms with Crippen LogP contribution in [0, 0.1) is 13.8 Å². The fourth-order valence-electron chi connectivity index (χ4n) is 3.70. The lowest BCUT2D eigenvalue weighted by molar-refractivity contribution is 0.0976. The predicted molar refractivity (Wildman–Crippen MR) is 127 cm³/mol. The van der Waals surface area contributed by atoms with E-state index in [1.54, 1.807) is 6.07 Å². The van der Waals surface area contributed by atoms with E-state index in [-0.39, 0.29) is 11.4 Å². The molecule has 0 aliphatic carbocycles. The third kappa shape index (κ3) is 4.43. The van der Waals surface area contributed by atoms with E-state index in [1.807, 2.05) is 24.3 Å². The van der Waals surface area contributed by atoms with Crippen LogP contribution in [0.5, 0.6) is 0 Å². The molecule has 1 amide bonds. The summed E-state index contributed by atoms with van der Waals surface area (Å²) < 4.78 is 25.6. The van der Waals surface area contributed by atoms with Crippen molar-refractivity contribution in [1.82, 2.24) is 14.7 Å². The third-order valence-electron chi connectivity index (χ3n) is 5.61. The Labute approximate surface area is 187 Å². The average molecular weight is 448 g/mol. The molecule has 164 valence electrons. The molecule has 0 saturated carbocycles. The van der Waals surface area contributed by atoms with Crippen molar-refractivity contribution in [3.63, 3.8) is 0 Å². The number of rotatable bonds is 6. The summed E-state index contributed by atoms with van der Waals surface area (Å²) in [6.45, 7) is 5.65. The van der Waals surface area contributed by atoms with Gasteiger partial charge in [-0.1, -0.05) is 36.4 Å². The summed E-state index contributed by atoms with van der Waals surface area (Å²) in [5.41, 5.74) is 7.37. The van der Waals surface area contributed by atoms with E-state index in [9.17, 15) is 13.2 Å². The van der Waals surface area contributed by atoms with Crippen LogP contribution in [0.25, 0.3) is 22.2 Å². The number of fused-ring (bicyclic) bond motifs is 1. The molecular formula is C25H25N3O3S. The highest BCUT2D eigenvalue weighted by molar-refractivity contribution is 7.90. The van der Waals surface area contributed by atoms with E-state index >= 15 is 0 Å². The Kier molecular flexibility index (Phi) is 5.84. The molecule has 2 aromatic heterocycles. The zero-order valence-electron chi connectivity index (χ0n) is 18.3. The Morgan fingerprint density at radius 2 is 1.72 bits per heavy atom. The summed E-state index contributed by atoms with van der Waals surface area (Å²) in [5.74, 6) is -0.894. The topological polar surface area (TPSA) is 91.9 Å². The number of nitrogens with one attached hydrogen (secondary N) is 2.